The van der Waals surface area contributed by atoms with Crippen molar-refractivity contribution in [3.05, 3.63) is 81.9 Å². The standard InChI is InChI=1S/C25H22N2/c1-15-9-21(11-19-4-3-17(14-26)10-22(15)19)25-13-24(25)20-6-5-18-7-8-27-16(2)23(18)12-20/h3-6,9-12,24-25H,7-8,13H2,1-2H3. The van der Waals surface area contributed by atoms with E-state index in [1.807, 2.05) is 12.1 Å². The Morgan fingerprint density at radius 1 is 0.963 bits per heavy atom. The van der Waals surface area contributed by atoms with Gasteiger partial charge >= 0.3 is 0 Å². The van der Waals surface area contributed by atoms with Crippen molar-refractivity contribution in [3.8, 4) is 6.07 Å². The highest BCUT2D eigenvalue weighted by atomic mass is 14.7. The summed E-state index contributed by atoms with van der Waals surface area (Å²) in [5.41, 5.74) is 8.85. The Morgan fingerprint density at radius 2 is 1.81 bits per heavy atom. The maximum absolute atomic E-state index is 9.15. The molecular weight excluding hydrogens is 328 g/mol. The zero-order valence-electron chi connectivity index (χ0n) is 15.8. The third-order valence-corrected chi connectivity index (χ3v) is 6.21. The number of aliphatic imine (C=N–C) groups is 1. The summed E-state index contributed by atoms with van der Waals surface area (Å²) in [6, 6.07) is 19.9. The van der Waals surface area contributed by atoms with Crippen LogP contribution in [-0.2, 0) is 6.42 Å². The number of nitriles is 1. The fraction of sp³-hybridized carbons (Fsp3) is 0.280. The van der Waals surface area contributed by atoms with E-state index in [1.54, 1.807) is 0 Å². The van der Waals surface area contributed by atoms with Crippen LogP contribution in [0.1, 0.15) is 58.6 Å². The lowest BCUT2D eigenvalue weighted by atomic mass is 9.93. The molecule has 2 aliphatic rings. The summed E-state index contributed by atoms with van der Waals surface area (Å²) >= 11 is 0. The van der Waals surface area contributed by atoms with Gasteiger partial charge in [0.25, 0.3) is 0 Å². The molecule has 1 fully saturated rings. The molecule has 132 valence electrons. The lowest BCUT2D eigenvalue weighted by Crippen LogP contribution is -2.10. The first-order valence-electron chi connectivity index (χ1n) is 9.72. The van der Waals surface area contributed by atoms with Gasteiger partial charge in [-0.1, -0.05) is 30.3 Å². The number of benzene rings is 3. The molecule has 1 aliphatic carbocycles. The molecule has 0 aromatic heterocycles. The summed E-state index contributed by atoms with van der Waals surface area (Å²) in [7, 11) is 0. The summed E-state index contributed by atoms with van der Waals surface area (Å²) in [6.45, 7) is 5.21. The summed E-state index contributed by atoms with van der Waals surface area (Å²) < 4.78 is 0. The summed E-state index contributed by atoms with van der Waals surface area (Å²) in [4.78, 5) is 4.62. The first-order valence-corrected chi connectivity index (χ1v) is 9.72. The van der Waals surface area contributed by atoms with Crippen molar-refractivity contribution in [1.29, 1.82) is 5.26 Å². The van der Waals surface area contributed by atoms with Crippen LogP contribution in [0.25, 0.3) is 10.8 Å². The van der Waals surface area contributed by atoms with Crippen LogP contribution in [0, 0.1) is 18.3 Å². The average Bonchev–Trinajstić information content (AvgIpc) is 3.49. The van der Waals surface area contributed by atoms with Gasteiger partial charge in [-0.25, -0.2) is 0 Å². The highest BCUT2D eigenvalue weighted by molar-refractivity contribution is 6.01. The van der Waals surface area contributed by atoms with E-state index in [2.05, 4.69) is 61.3 Å². The molecule has 2 atom stereocenters. The highest BCUT2D eigenvalue weighted by Gasteiger charge is 2.40. The van der Waals surface area contributed by atoms with E-state index in [0.717, 1.165) is 18.5 Å². The van der Waals surface area contributed by atoms with Crippen LogP contribution in [0.15, 0.2) is 53.5 Å². The first-order chi connectivity index (χ1) is 13.1. The van der Waals surface area contributed by atoms with E-state index in [1.165, 1.54) is 50.7 Å². The van der Waals surface area contributed by atoms with Crippen molar-refractivity contribution in [2.24, 2.45) is 4.99 Å². The van der Waals surface area contributed by atoms with Gasteiger partial charge in [-0.05, 0) is 95.3 Å². The van der Waals surface area contributed by atoms with Gasteiger partial charge in [0, 0.05) is 12.3 Å². The van der Waals surface area contributed by atoms with E-state index in [0.29, 0.717) is 11.8 Å². The van der Waals surface area contributed by atoms with Crippen molar-refractivity contribution >= 4 is 16.5 Å². The van der Waals surface area contributed by atoms with Crippen molar-refractivity contribution in [3.63, 3.8) is 0 Å². The number of rotatable bonds is 2. The molecule has 0 bridgehead atoms. The molecular formula is C25H22N2. The van der Waals surface area contributed by atoms with Gasteiger partial charge in [-0.15, -0.1) is 0 Å². The average molecular weight is 350 g/mol. The third-order valence-electron chi connectivity index (χ3n) is 6.21. The number of nitrogens with zero attached hydrogens (tertiary/aromatic N) is 2. The van der Waals surface area contributed by atoms with Crippen LogP contribution in [0.2, 0.25) is 0 Å². The van der Waals surface area contributed by atoms with Crippen LogP contribution in [-0.4, -0.2) is 12.3 Å². The molecule has 0 spiro atoms. The summed E-state index contributed by atoms with van der Waals surface area (Å²) in [5, 5.41) is 11.6. The fourth-order valence-corrected chi connectivity index (χ4v) is 4.60. The van der Waals surface area contributed by atoms with Crippen molar-refractivity contribution < 1.29 is 0 Å². The van der Waals surface area contributed by atoms with Crippen molar-refractivity contribution in [1.82, 2.24) is 0 Å². The van der Waals surface area contributed by atoms with Crippen molar-refractivity contribution in [2.45, 2.75) is 38.5 Å². The smallest absolute Gasteiger partial charge is 0.0991 e. The fourth-order valence-electron chi connectivity index (χ4n) is 4.60. The second-order valence-electron chi connectivity index (χ2n) is 7.97. The predicted molar refractivity (Wildman–Crippen MR) is 111 cm³/mol. The molecule has 3 aromatic rings. The normalized spacial score (nSPS) is 20.7. The van der Waals surface area contributed by atoms with Gasteiger partial charge in [-0.3, -0.25) is 4.99 Å². The topological polar surface area (TPSA) is 36.1 Å². The van der Waals surface area contributed by atoms with Crippen LogP contribution in [0.3, 0.4) is 0 Å². The molecule has 0 radical (unpaired) electrons. The minimum atomic E-state index is 0.600. The Morgan fingerprint density at radius 3 is 2.67 bits per heavy atom. The second-order valence-corrected chi connectivity index (χ2v) is 7.97. The van der Waals surface area contributed by atoms with Gasteiger partial charge in [0.2, 0.25) is 0 Å². The van der Waals surface area contributed by atoms with E-state index in [4.69, 9.17) is 5.26 Å². The minimum Gasteiger partial charge on any atom is -0.289 e. The molecule has 2 unspecified atom stereocenters. The largest absolute Gasteiger partial charge is 0.289 e. The van der Waals surface area contributed by atoms with E-state index < -0.39 is 0 Å². The van der Waals surface area contributed by atoms with E-state index in [9.17, 15) is 0 Å². The molecule has 1 saturated carbocycles. The number of hydrogen-bond acceptors (Lipinski definition) is 2. The van der Waals surface area contributed by atoms with Gasteiger partial charge < -0.3 is 0 Å². The molecule has 5 rings (SSSR count). The van der Waals surface area contributed by atoms with Crippen LogP contribution in [0.4, 0.5) is 0 Å². The Bertz CT molecular complexity index is 1150. The molecule has 1 heterocycles. The van der Waals surface area contributed by atoms with Crippen molar-refractivity contribution in [2.75, 3.05) is 6.54 Å². The van der Waals surface area contributed by atoms with Crippen LogP contribution < -0.4 is 0 Å². The molecule has 1 aliphatic heterocycles. The lowest BCUT2D eigenvalue weighted by molar-refractivity contribution is 0.934. The van der Waals surface area contributed by atoms with Crippen LogP contribution in [0.5, 0.6) is 0 Å². The van der Waals surface area contributed by atoms with Gasteiger partial charge in [0.15, 0.2) is 0 Å². The van der Waals surface area contributed by atoms with Gasteiger partial charge in [-0.2, -0.15) is 5.26 Å². The number of fused-ring (bicyclic) bond motifs is 2. The van der Waals surface area contributed by atoms with Crippen LogP contribution >= 0.6 is 0 Å². The molecule has 2 heteroatoms. The number of aryl methyl sites for hydroxylation is 1. The maximum Gasteiger partial charge on any atom is 0.0991 e. The highest BCUT2D eigenvalue weighted by Crippen LogP contribution is 2.55. The SMILES string of the molecule is CC1=NCCc2ccc(C3CC3c3cc(C)c4cc(C#N)ccc4c3)cc21. The molecule has 3 aromatic carbocycles. The molecule has 2 nitrogen and oxygen atoms in total. The van der Waals surface area contributed by atoms with Gasteiger partial charge in [0.05, 0.1) is 11.6 Å². The van der Waals surface area contributed by atoms with E-state index >= 15 is 0 Å². The Kier molecular flexibility index (Phi) is 3.65. The Labute approximate surface area is 160 Å². The Balaban J connectivity index is 1.47. The first kappa shape index (κ1) is 16.3. The predicted octanol–water partition coefficient (Wildman–Crippen LogP) is 5.66. The summed E-state index contributed by atoms with van der Waals surface area (Å²) in [6.07, 6.45) is 2.28. The molecule has 0 N–H and O–H groups in total. The second kappa shape index (κ2) is 6.06. The Hall–Kier alpha value is -2.92. The molecule has 0 saturated heterocycles. The quantitative estimate of drug-likeness (QED) is 0.588. The van der Waals surface area contributed by atoms with Gasteiger partial charge in [0.1, 0.15) is 0 Å². The third kappa shape index (κ3) is 2.75. The maximum atomic E-state index is 9.15. The minimum absolute atomic E-state index is 0.600. The zero-order chi connectivity index (χ0) is 18.5. The lowest BCUT2D eigenvalue weighted by Gasteiger charge is -2.16. The monoisotopic (exact) mass is 350 g/mol. The molecule has 0 amide bonds. The molecule has 27 heavy (non-hydrogen) atoms. The summed E-state index contributed by atoms with van der Waals surface area (Å²) in [5.74, 6) is 1.21. The number of hydrogen-bond donors (Lipinski definition) is 0. The van der Waals surface area contributed by atoms with E-state index in [-0.39, 0.29) is 0 Å². The zero-order valence-corrected chi connectivity index (χ0v) is 15.8.